The lowest BCUT2D eigenvalue weighted by atomic mass is 10.1. The number of hydrogen-bond acceptors (Lipinski definition) is 2. The minimum absolute atomic E-state index is 0.290. The van der Waals surface area contributed by atoms with E-state index in [0.29, 0.717) is 5.52 Å². The Kier molecular flexibility index (Phi) is 3.11. The van der Waals surface area contributed by atoms with Gasteiger partial charge in [0.15, 0.2) is 0 Å². The van der Waals surface area contributed by atoms with Crippen LogP contribution in [0.3, 0.4) is 0 Å². The van der Waals surface area contributed by atoms with Crippen LogP contribution in [0.4, 0.5) is 15.8 Å². The lowest BCUT2D eigenvalue weighted by molar-refractivity contribution is 0.636. The third-order valence-corrected chi connectivity index (χ3v) is 3.50. The first-order valence-corrected chi connectivity index (χ1v) is 6.54. The second-order valence-electron chi connectivity index (χ2n) is 4.82. The Morgan fingerprint density at radius 1 is 0.950 bits per heavy atom. The molecule has 0 bridgehead atoms. The van der Waals surface area contributed by atoms with Crippen LogP contribution < -0.4 is 5.32 Å². The number of aryl methyl sites for hydroxylation is 1. The molecule has 0 aliphatic heterocycles. The number of hydrogen-bond donors (Lipinski definition) is 1. The van der Waals surface area contributed by atoms with Gasteiger partial charge in [-0.3, -0.25) is 0 Å². The molecule has 3 heteroatoms. The molecule has 2 aromatic carbocycles. The van der Waals surface area contributed by atoms with Gasteiger partial charge in [-0.2, -0.15) is 0 Å². The zero-order chi connectivity index (χ0) is 14.1. The molecule has 1 N–H and O–H groups in total. The van der Waals surface area contributed by atoms with Crippen molar-refractivity contribution < 1.29 is 4.39 Å². The van der Waals surface area contributed by atoms with Gasteiger partial charge in [0.1, 0.15) is 11.3 Å². The molecule has 3 aromatic rings. The highest BCUT2D eigenvalue weighted by Gasteiger charge is 2.12. The maximum Gasteiger partial charge on any atom is 0.149 e. The molecule has 0 aliphatic rings. The number of halogens is 1. The number of nitrogens with zero attached hydrogens (tertiary/aromatic N) is 1. The lowest BCUT2D eigenvalue weighted by Crippen LogP contribution is -2.00. The number of pyridine rings is 1. The summed E-state index contributed by atoms with van der Waals surface area (Å²) in [4.78, 5) is 4.36. The Morgan fingerprint density at radius 2 is 1.70 bits per heavy atom. The largest absolute Gasteiger partial charge is 0.355 e. The van der Waals surface area contributed by atoms with E-state index in [2.05, 4.69) is 10.3 Å². The number of para-hydroxylation sites is 2. The van der Waals surface area contributed by atoms with Gasteiger partial charge in [0.25, 0.3) is 0 Å². The van der Waals surface area contributed by atoms with E-state index in [4.69, 9.17) is 0 Å². The molecule has 0 amide bonds. The Hall–Kier alpha value is -2.42. The molecule has 0 spiro atoms. The fourth-order valence-corrected chi connectivity index (χ4v) is 2.29. The van der Waals surface area contributed by atoms with Crippen molar-refractivity contribution >= 4 is 22.3 Å². The smallest absolute Gasteiger partial charge is 0.149 e. The summed E-state index contributed by atoms with van der Waals surface area (Å²) in [5.74, 6) is -0.290. The van der Waals surface area contributed by atoms with Crippen molar-refractivity contribution in [3.63, 3.8) is 0 Å². The fraction of sp³-hybridized carbons (Fsp3) is 0.118. The highest BCUT2D eigenvalue weighted by molar-refractivity contribution is 5.95. The van der Waals surface area contributed by atoms with Crippen molar-refractivity contribution in [2.45, 2.75) is 13.8 Å². The summed E-state index contributed by atoms with van der Waals surface area (Å²) in [7, 11) is 0. The Morgan fingerprint density at radius 3 is 2.45 bits per heavy atom. The Labute approximate surface area is 117 Å². The monoisotopic (exact) mass is 266 g/mol. The van der Waals surface area contributed by atoms with Crippen LogP contribution in [-0.4, -0.2) is 4.98 Å². The van der Waals surface area contributed by atoms with Gasteiger partial charge >= 0.3 is 0 Å². The molecule has 0 fully saturated rings. The highest BCUT2D eigenvalue weighted by atomic mass is 19.1. The quantitative estimate of drug-likeness (QED) is 0.725. The van der Waals surface area contributed by atoms with Crippen molar-refractivity contribution in [1.82, 2.24) is 4.98 Å². The van der Waals surface area contributed by atoms with E-state index in [-0.39, 0.29) is 5.82 Å². The number of rotatable bonds is 2. The normalized spacial score (nSPS) is 10.8. The Bertz CT molecular complexity index is 767. The summed E-state index contributed by atoms with van der Waals surface area (Å²) >= 11 is 0. The average molecular weight is 266 g/mol. The topological polar surface area (TPSA) is 24.9 Å². The van der Waals surface area contributed by atoms with Crippen LogP contribution in [-0.2, 0) is 0 Å². The predicted molar refractivity (Wildman–Crippen MR) is 80.9 cm³/mol. The van der Waals surface area contributed by atoms with Gasteiger partial charge in [0.05, 0.1) is 5.69 Å². The van der Waals surface area contributed by atoms with Crippen LogP contribution in [0.5, 0.6) is 0 Å². The summed E-state index contributed by atoms with van der Waals surface area (Å²) < 4.78 is 13.9. The molecule has 0 aliphatic carbocycles. The van der Waals surface area contributed by atoms with E-state index < -0.39 is 0 Å². The summed E-state index contributed by atoms with van der Waals surface area (Å²) in [5, 5.41) is 4.18. The van der Waals surface area contributed by atoms with E-state index >= 15 is 0 Å². The molecule has 0 saturated carbocycles. The predicted octanol–water partition coefficient (Wildman–Crippen LogP) is 4.73. The van der Waals surface area contributed by atoms with Gasteiger partial charge in [-0.05, 0) is 37.6 Å². The van der Waals surface area contributed by atoms with Gasteiger partial charge in [-0.25, -0.2) is 9.37 Å². The summed E-state index contributed by atoms with van der Waals surface area (Å²) in [6.45, 7) is 3.90. The maximum absolute atomic E-state index is 13.9. The van der Waals surface area contributed by atoms with Crippen LogP contribution in [0.1, 0.15) is 11.3 Å². The van der Waals surface area contributed by atoms with Crippen molar-refractivity contribution in [2.24, 2.45) is 0 Å². The minimum atomic E-state index is -0.290. The molecule has 0 radical (unpaired) electrons. The number of aromatic nitrogens is 1. The number of benzene rings is 2. The summed E-state index contributed by atoms with van der Waals surface area (Å²) in [6, 6.07) is 14.9. The molecule has 1 aromatic heterocycles. The number of fused-ring (bicyclic) bond motifs is 1. The van der Waals surface area contributed by atoms with Crippen molar-refractivity contribution in [1.29, 1.82) is 0 Å². The van der Waals surface area contributed by atoms with Crippen LogP contribution in [0, 0.1) is 19.7 Å². The molecule has 1 heterocycles. The molecular weight excluding hydrogens is 251 g/mol. The fourth-order valence-electron chi connectivity index (χ4n) is 2.29. The second kappa shape index (κ2) is 4.93. The second-order valence-corrected chi connectivity index (χ2v) is 4.82. The van der Waals surface area contributed by atoms with E-state index in [0.717, 1.165) is 28.0 Å². The molecule has 0 saturated heterocycles. The molecule has 20 heavy (non-hydrogen) atoms. The number of nitrogens with one attached hydrogen (secondary N) is 1. The molecule has 0 atom stereocenters. The zero-order valence-electron chi connectivity index (χ0n) is 11.4. The van der Waals surface area contributed by atoms with Crippen LogP contribution >= 0.6 is 0 Å². The first-order chi connectivity index (χ1) is 9.66. The minimum Gasteiger partial charge on any atom is -0.355 e. The highest BCUT2D eigenvalue weighted by Crippen LogP contribution is 2.31. The zero-order valence-corrected chi connectivity index (χ0v) is 11.4. The van der Waals surface area contributed by atoms with Gasteiger partial charge in [0.2, 0.25) is 0 Å². The molecule has 100 valence electrons. The Balaban J connectivity index is 2.23. The van der Waals surface area contributed by atoms with Crippen LogP contribution in [0.2, 0.25) is 0 Å². The van der Waals surface area contributed by atoms with Gasteiger partial charge in [0, 0.05) is 16.8 Å². The molecule has 2 nitrogen and oxygen atoms in total. The molecule has 0 unspecified atom stereocenters. The van der Waals surface area contributed by atoms with Gasteiger partial charge < -0.3 is 5.32 Å². The third-order valence-electron chi connectivity index (χ3n) is 3.50. The average Bonchev–Trinajstić information content (AvgIpc) is 2.46. The third kappa shape index (κ3) is 2.11. The van der Waals surface area contributed by atoms with Crippen molar-refractivity contribution in [3.05, 3.63) is 65.6 Å². The first kappa shape index (κ1) is 12.6. The van der Waals surface area contributed by atoms with Gasteiger partial charge in [-0.1, -0.05) is 30.3 Å². The van der Waals surface area contributed by atoms with E-state index in [1.165, 1.54) is 6.07 Å². The first-order valence-electron chi connectivity index (χ1n) is 6.54. The van der Waals surface area contributed by atoms with Crippen LogP contribution in [0.15, 0.2) is 48.5 Å². The summed E-state index contributed by atoms with van der Waals surface area (Å²) in [5.41, 5.74) is 4.17. The number of anilines is 2. The van der Waals surface area contributed by atoms with Crippen LogP contribution in [0.25, 0.3) is 10.9 Å². The van der Waals surface area contributed by atoms with E-state index in [1.807, 2.05) is 50.2 Å². The van der Waals surface area contributed by atoms with Crippen molar-refractivity contribution in [2.75, 3.05) is 5.32 Å². The lowest BCUT2D eigenvalue weighted by Gasteiger charge is -2.15. The molecular formula is C17H15FN2. The van der Waals surface area contributed by atoms with E-state index in [9.17, 15) is 4.39 Å². The summed E-state index contributed by atoms with van der Waals surface area (Å²) in [6.07, 6.45) is 0. The standard InChI is InChI=1S/C17H15FN2/c1-11-12(2)19-17-14(9-6-10-15(17)18)16(11)20-13-7-4-3-5-8-13/h3-10H,1-2H3,(H,19,20). The maximum atomic E-state index is 13.9. The molecule has 3 rings (SSSR count). The SMILES string of the molecule is Cc1nc2c(F)cccc2c(Nc2ccccc2)c1C. The van der Waals surface area contributed by atoms with Gasteiger partial charge in [-0.15, -0.1) is 0 Å². The van der Waals surface area contributed by atoms with Crippen molar-refractivity contribution in [3.8, 4) is 0 Å². The van der Waals surface area contributed by atoms with E-state index in [1.54, 1.807) is 6.07 Å².